The molecule has 0 bridgehead atoms. The Bertz CT molecular complexity index is 6230. The second-order valence-electron chi connectivity index (χ2n) is 33.1. The Morgan fingerprint density at radius 1 is 0.566 bits per heavy atom. The van der Waals surface area contributed by atoms with Gasteiger partial charge in [-0.15, -0.1) is 30.6 Å². The number of imidazole rings is 1. The number of aryl methyl sites for hydroxylation is 1. The van der Waals surface area contributed by atoms with E-state index in [1.165, 1.54) is 36.4 Å². The van der Waals surface area contributed by atoms with Crippen LogP contribution in [0.1, 0.15) is 139 Å². The molecule has 44 heteroatoms. The Morgan fingerprint density at radius 3 is 1.44 bits per heavy atom. The first-order valence-corrected chi connectivity index (χ1v) is 41.1. The van der Waals surface area contributed by atoms with E-state index in [9.17, 15) is 54.4 Å². The first-order chi connectivity index (χ1) is 60.7. The lowest BCUT2D eigenvalue weighted by Crippen LogP contribution is -2.33. The molecule has 0 unspecified atom stereocenters. The summed E-state index contributed by atoms with van der Waals surface area (Å²) < 4.78 is 58.7. The molecule has 0 saturated heterocycles. The number of thiocarbonyl (C=S) groups is 1. The van der Waals surface area contributed by atoms with Gasteiger partial charge in [0.15, 0.2) is 29.0 Å². The molecule has 4 aromatic heterocycles. The number of anilines is 2. The molecule has 0 atom stereocenters. The van der Waals surface area contributed by atoms with Crippen molar-refractivity contribution in [3.8, 4) is 74.3 Å². The van der Waals surface area contributed by atoms with E-state index in [0.717, 1.165) is 136 Å². The molecule has 7 saturated carbocycles. The number of ether oxygens (including phenoxy) is 6. The van der Waals surface area contributed by atoms with Crippen molar-refractivity contribution in [2.24, 2.45) is 10.7 Å². The van der Waals surface area contributed by atoms with Crippen molar-refractivity contribution in [2.75, 3.05) is 37.2 Å². The smallest absolute Gasteiger partial charge is 0.311 e. The Kier molecular flexibility index (Phi) is 24.0. The second kappa shape index (κ2) is 34.8. The highest BCUT2D eigenvalue weighted by Gasteiger charge is 2.55. The predicted molar refractivity (Wildman–Crippen MR) is 465 cm³/mol. The molecule has 11 aromatic rings. The molecule has 24 rings (SSSR count). The van der Waals surface area contributed by atoms with Gasteiger partial charge in [-0.2, -0.15) is 0 Å². The zero-order valence-electron chi connectivity index (χ0n) is 69.3. The number of amides is 2. The van der Waals surface area contributed by atoms with E-state index in [1.807, 2.05) is 57.2 Å². The van der Waals surface area contributed by atoms with E-state index in [2.05, 4.69) is 61.1 Å². The van der Waals surface area contributed by atoms with Crippen LogP contribution in [-0.4, -0.2) is 173 Å². The standard InChI is InChI=1S/C26H23FN6O2.C12H10N4O3.C12H12N4O.C12H13N3O3.C11H10N2O4.C11H10N2O3S.CH2O2.2H3N.H2O/c1-15-9-19(27)18(10-22(15)32-11-21(28-13-32)16-5-6-16)25(34)30-20-4-2-3-17-23(20)35-26(7-8-26)12-33-14-29-31-24(17)33;17-16(18)9-3-1-2-8-10(9)19-12(4-5-12)6-15-7-13-14-11(8)15;13-9-3-1-2-8-10(9)17-12(4-5-12)6-16-7-14-15-11(8)16;13-6-9-8-2-1-3-10(15(16)17)11(8)18-12(4-5-12)7-14-9;14-10-7-2-1-3-8(13(15)16)9(7)17-11(4-5-11)6-12-10;14-13(15)8-3-1-2-7-9(8)16-11(4-5-11)6-12-10(7)17;2-1-3;;;/h2-4,9-11,13-14,16H,5-8,12H2,1H3,(H,30,34);1-3,7H,4-6H2;1-3,7H,4-6,13H2;1-3H,4-7,13H2;1-3H,4-6H2,(H,12,14);1-3H,4-6H2,(H,12,17);1H,(H,2,3);2*1H3;1H2. The van der Waals surface area contributed by atoms with Gasteiger partial charge in [-0.25, -0.2) is 9.37 Å². The van der Waals surface area contributed by atoms with Gasteiger partial charge in [0.25, 0.3) is 18.3 Å². The van der Waals surface area contributed by atoms with Gasteiger partial charge < -0.3 is 97.0 Å². The van der Waals surface area contributed by atoms with Crippen LogP contribution in [0.15, 0.2) is 158 Å². The minimum absolute atomic E-state index is 0. The van der Waals surface area contributed by atoms with Crippen molar-refractivity contribution in [1.82, 2.24) is 76.8 Å². The number of carbonyl (C=O) groups is 3. The number of hydrogen-bond donors (Lipinski definition) is 8. The van der Waals surface area contributed by atoms with Gasteiger partial charge >= 0.3 is 22.7 Å². The van der Waals surface area contributed by atoms with Crippen LogP contribution >= 0.6 is 12.2 Å². The second-order valence-corrected chi connectivity index (χ2v) is 33.5. The molecule has 16 N–H and O–H groups in total. The van der Waals surface area contributed by atoms with Gasteiger partial charge in [-0.3, -0.25) is 59.8 Å². The lowest BCUT2D eigenvalue weighted by Gasteiger charge is -2.19. The number of carboxylic acid groups (broad SMARTS) is 1. The number of nitrogens with zero attached hydrogens (tertiary/aromatic N) is 16. The zero-order valence-corrected chi connectivity index (χ0v) is 70.2. The molecule has 13 aliphatic rings. The van der Waals surface area contributed by atoms with Crippen molar-refractivity contribution in [2.45, 2.75) is 156 Å². The van der Waals surface area contributed by atoms with Crippen LogP contribution in [0.2, 0.25) is 0 Å². The summed E-state index contributed by atoms with van der Waals surface area (Å²) in [6.45, 7) is 5.51. The topological polar surface area (TPSA) is 611 Å². The molecular formula is C85H88FN23O19S. The van der Waals surface area contributed by atoms with Gasteiger partial charge in [0, 0.05) is 48.5 Å². The Morgan fingerprint density at radius 2 is 0.961 bits per heavy atom. The van der Waals surface area contributed by atoms with E-state index >= 15 is 0 Å². The number of benzene rings is 7. The largest absolute Gasteiger partial charge is 0.483 e. The van der Waals surface area contributed by atoms with Gasteiger partial charge in [0.05, 0.1) is 127 Å². The molecular weight excluding hydrogens is 1700 g/mol. The van der Waals surface area contributed by atoms with Crippen LogP contribution in [0.25, 0.3) is 39.9 Å². The number of nitrogens with two attached hydrogens (primary N) is 2. The van der Waals surface area contributed by atoms with Crippen LogP contribution in [0, 0.1) is 53.2 Å². The van der Waals surface area contributed by atoms with E-state index in [-0.39, 0.29) is 104 Å². The average Bonchev–Trinajstić information content (AvgIpc) is 1.61. The van der Waals surface area contributed by atoms with Crippen molar-refractivity contribution >= 4 is 75.3 Å². The molecule has 7 fully saturated rings. The number of aromatic nitrogens is 11. The number of carbonyl (C=O) groups excluding carboxylic acids is 2. The molecule has 7 aromatic carbocycles. The van der Waals surface area contributed by atoms with Crippen molar-refractivity contribution in [3.63, 3.8) is 0 Å². The fourth-order valence-corrected chi connectivity index (χ4v) is 16.0. The number of aliphatic imine (C=N–C) groups is 1. The summed E-state index contributed by atoms with van der Waals surface area (Å²) in [5.41, 5.74) is 17.8. The number of nitro groups is 4. The van der Waals surface area contributed by atoms with Crippen molar-refractivity contribution in [3.05, 3.63) is 233 Å². The first kappa shape index (κ1) is 89.0. The number of nitrogen functional groups attached to an aromatic ring is 1. The lowest BCUT2D eigenvalue weighted by atomic mass is 10.1. The van der Waals surface area contributed by atoms with Crippen LogP contribution in [0.3, 0.4) is 0 Å². The number of para-hydroxylation sites is 6. The van der Waals surface area contributed by atoms with Crippen LogP contribution in [0.4, 0.5) is 38.5 Å². The van der Waals surface area contributed by atoms with Crippen LogP contribution in [-0.2, 0) is 24.4 Å². The van der Waals surface area contributed by atoms with E-state index in [0.29, 0.717) is 112 Å². The lowest BCUT2D eigenvalue weighted by molar-refractivity contribution is -0.386. The predicted octanol–water partition coefficient (Wildman–Crippen LogP) is 11.4. The Balaban J connectivity index is 0.000000121. The summed E-state index contributed by atoms with van der Waals surface area (Å²) in [7, 11) is 0. The highest BCUT2D eigenvalue weighted by Crippen LogP contribution is 2.55. The monoisotopic (exact) mass is 1790 g/mol. The van der Waals surface area contributed by atoms with Gasteiger partial charge in [0.1, 0.15) is 63.4 Å². The number of fused-ring (bicyclic) bond motifs is 12. The van der Waals surface area contributed by atoms with Crippen molar-refractivity contribution in [1.29, 1.82) is 0 Å². The maximum Gasteiger partial charge on any atom is 0.311 e. The minimum atomic E-state index is -0.576. The van der Waals surface area contributed by atoms with Crippen LogP contribution in [0.5, 0.6) is 34.5 Å². The highest BCUT2D eigenvalue weighted by atomic mass is 32.1. The van der Waals surface area contributed by atoms with Crippen molar-refractivity contribution < 1.29 is 77.5 Å². The summed E-state index contributed by atoms with van der Waals surface area (Å²) in [6, 6.07) is 33.2. The SMILES string of the molecule is Cc1cc(F)c(C(=O)Nc2cccc3c2OC2(CC2)Cn2cnnc2-3)cc1-n1cnc(C2CC2)c1.N.N.NCC1=NCC2(CC2)Oc2c1cccc2[N+](=O)[O-].Nc1cccc2c1OC1(CC1)Cn1cnnc1-2.O.O=C1NCC2(CC2)Oc2c1cccc2[N+](=O)[O-].O=CO.O=[N+]([O-])c1cccc2c1OC1(CC1)CNC2=S.O=[N+]([O-])c1cccc2c1OC1(CC1)Cn1cnnc1-2. The highest BCUT2D eigenvalue weighted by molar-refractivity contribution is 7.80. The number of halogens is 1. The summed E-state index contributed by atoms with van der Waals surface area (Å²) in [5, 5.41) is 84.2. The summed E-state index contributed by atoms with van der Waals surface area (Å²) in [4.78, 5) is 85.3. The van der Waals surface area contributed by atoms with E-state index < -0.39 is 37.0 Å². The molecule has 6 spiro atoms. The quantitative estimate of drug-likeness (QED) is 0.0219. The third kappa shape index (κ3) is 18.1. The van der Waals surface area contributed by atoms with Crippen LogP contribution < -0.4 is 68.1 Å². The zero-order chi connectivity index (χ0) is 87.8. The van der Waals surface area contributed by atoms with Gasteiger partial charge in [0.2, 0.25) is 23.0 Å². The molecule has 6 aliphatic heterocycles. The molecule has 2 amide bonds. The maximum absolute atomic E-state index is 15.0. The van der Waals surface area contributed by atoms with Gasteiger partial charge in [-0.1, -0.05) is 48.6 Å². The molecule has 42 nitrogen and oxygen atoms in total. The minimum Gasteiger partial charge on any atom is -0.483 e. The number of rotatable bonds is 9. The Hall–Kier alpha value is -14.9. The van der Waals surface area contributed by atoms with Gasteiger partial charge in [-0.05, 0) is 163 Å². The molecule has 129 heavy (non-hydrogen) atoms. The number of hydrogen-bond acceptors (Lipinski definition) is 30. The number of nitro benzene ring substituents is 4. The van der Waals surface area contributed by atoms with E-state index in [4.69, 9.17) is 62.0 Å². The first-order valence-electron chi connectivity index (χ1n) is 40.7. The molecule has 7 aliphatic carbocycles. The maximum atomic E-state index is 15.0. The summed E-state index contributed by atoms with van der Waals surface area (Å²) >= 11 is 5.21. The number of nitrogens with one attached hydrogen (secondary N) is 3. The fourth-order valence-electron chi connectivity index (χ4n) is 15.8. The third-order valence-electron chi connectivity index (χ3n) is 23.9. The fraction of sp³-hybridized carbons (Fsp3) is 0.341. The van der Waals surface area contributed by atoms with E-state index in [1.54, 1.807) is 79.9 Å². The Labute approximate surface area is 737 Å². The molecule has 670 valence electrons. The summed E-state index contributed by atoms with van der Waals surface area (Å²) in [6.07, 6.45) is 22.1. The average molecular weight is 1790 g/mol. The molecule has 10 heterocycles. The molecule has 0 radical (unpaired) electrons. The third-order valence-corrected chi connectivity index (χ3v) is 24.2. The summed E-state index contributed by atoms with van der Waals surface area (Å²) in [5.74, 6) is 3.59. The normalized spacial score (nSPS) is 17.9.